The van der Waals surface area contributed by atoms with Crippen molar-refractivity contribution in [1.29, 1.82) is 0 Å². The lowest BCUT2D eigenvalue weighted by Gasteiger charge is -2.24. The van der Waals surface area contributed by atoms with Crippen molar-refractivity contribution in [3.05, 3.63) is 112 Å². The van der Waals surface area contributed by atoms with Gasteiger partial charge in [-0.05, 0) is 36.1 Å². The summed E-state index contributed by atoms with van der Waals surface area (Å²) in [5.41, 5.74) is 2.70. The molecule has 0 aliphatic heterocycles. The van der Waals surface area contributed by atoms with Gasteiger partial charge in [-0.2, -0.15) is 0 Å². The molecule has 0 aliphatic rings. The third kappa shape index (κ3) is 5.07. The average molecular weight is 412 g/mol. The molecule has 5 nitrogen and oxygen atoms in total. The van der Waals surface area contributed by atoms with E-state index in [1.54, 1.807) is 18.0 Å². The van der Waals surface area contributed by atoms with Gasteiger partial charge in [-0.1, -0.05) is 72.8 Å². The second-order valence-electron chi connectivity index (χ2n) is 7.80. The summed E-state index contributed by atoms with van der Waals surface area (Å²) in [6.07, 6.45) is 1.31. The molecule has 31 heavy (non-hydrogen) atoms. The highest BCUT2D eigenvalue weighted by atomic mass is 16.2. The second-order valence-corrected chi connectivity index (χ2v) is 7.80. The maximum atomic E-state index is 13.4. The predicted octanol–water partition coefficient (Wildman–Crippen LogP) is 3.98. The van der Waals surface area contributed by atoms with Crippen LogP contribution in [0.4, 0.5) is 0 Å². The molecule has 0 spiro atoms. The fourth-order valence-corrected chi connectivity index (χ4v) is 3.87. The Balaban J connectivity index is 1.56. The summed E-state index contributed by atoms with van der Waals surface area (Å²) in [5.74, 6) is 0.309. The Kier molecular flexibility index (Phi) is 6.22. The van der Waals surface area contributed by atoms with Crippen LogP contribution in [0.25, 0.3) is 10.9 Å². The van der Waals surface area contributed by atoms with Crippen molar-refractivity contribution in [3.8, 4) is 0 Å². The lowest BCUT2D eigenvalue weighted by molar-refractivity contribution is -0.134. The van der Waals surface area contributed by atoms with Crippen LogP contribution in [0.15, 0.2) is 89.7 Å². The van der Waals surface area contributed by atoms with Gasteiger partial charge in [-0.25, -0.2) is 4.98 Å². The fourth-order valence-electron chi connectivity index (χ4n) is 3.87. The van der Waals surface area contributed by atoms with Crippen LogP contribution in [-0.2, 0) is 24.2 Å². The molecular formula is C26H25N3O2. The molecule has 0 atom stereocenters. The number of H-pyrrole nitrogens is 1. The number of hydrogen-bond acceptors (Lipinski definition) is 3. The molecule has 1 N–H and O–H groups in total. The first-order valence-corrected chi connectivity index (χ1v) is 10.4. The maximum absolute atomic E-state index is 13.4. The van der Waals surface area contributed by atoms with Gasteiger partial charge in [-0.15, -0.1) is 0 Å². The number of carbonyl (C=O) groups excluding carboxylic acids is 1. The van der Waals surface area contributed by atoms with Gasteiger partial charge in [0.2, 0.25) is 5.91 Å². The van der Waals surface area contributed by atoms with Crippen LogP contribution in [0, 0.1) is 5.92 Å². The van der Waals surface area contributed by atoms with Gasteiger partial charge in [0.05, 0.1) is 17.4 Å². The number of aromatic nitrogens is 2. The standard InChI is InChI=1S/C26H25N3O2/c1-29(18-24-27-23-15-9-8-14-22(23)25(30)28-24)26(31)21(16-19-10-4-2-5-11-19)17-20-12-6-3-7-13-20/h2-15,21H,16-18H2,1H3,(H,27,28,30). The molecule has 0 fully saturated rings. The predicted molar refractivity (Wildman–Crippen MR) is 123 cm³/mol. The van der Waals surface area contributed by atoms with E-state index in [0.717, 1.165) is 11.1 Å². The summed E-state index contributed by atoms with van der Waals surface area (Å²) in [5, 5.41) is 0.547. The number of aromatic amines is 1. The van der Waals surface area contributed by atoms with Gasteiger partial charge in [0.1, 0.15) is 5.82 Å². The molecule has 1 aromatic heterocycles. The van der Waals surface area contributed by atoms with Gasteiger partial charge in [-0.3, -0.25) is 9.59 Å². The van der Waals surface area contributed by atoms with E-state index in [2.05, 4.69) is 9.97 Å². The van der Waals surface area contributed by atoms with Crippen LogP contribution in [0.1, 0.15) is 17.0 Å². The Hall–Kier alpha value is -3.73. The monoisotopic (exact) mass is 411 g/mol. The van der Waals surface area contributed by atoms with Gasteiger partial charge in [0.25, 0.3) is 5.56 Å². The summed E-state index contributed by atoms with van der Waals surface area (Å²) < 4.78 is 0. The molecule has 0 saturated carbocycles. The minimum absolute atomic E-state index is 0.0310. The zero-order valence-electron chi connectivity index (χ0n) is 17.5. The average Bonchev–Trinajstić information content (AvgIpc) is 2.79. The number of fused-ring (bicyclic) bond motifs is 1. The van der Waals surface area contributed by atoms with E-state index in [9.17, 15) is 9.59 Å². The highest BCUT2D eigenvalue weighted by Crippen LogP contribution is 2.18. The van der Waals surface area contributed by atoms with E-state index in [0.29, 0.717) is 29.6 Å². The Morgan fingerprint density at radius 2 is 1.42 bits per heavy atom. The van der Waals surface area contributed by atoms with Crippen molar-refractivity contribution in [2.45, 2.75) is 19.4 Å². The molecule has 1 heterocycles. The molecule has 0 saturated heterocycles. The molecule has 0 unspecified atom stereocenters. The van der Waals surface area contributed by atoms with E-state index >= 15 is 0 Å². The lowest BCUT2D eigenvalue weighted by Crippen LogP contribution is -2.35. The number of nitrogens with one attached hydrogen (secondary N) is 1. The van der Waals surface area contributed by atoms with Crippen LogP contribution < -0.4 is 5.56 Å². The number of nitrogens with zero attached hydrogens (tertiary/aromatic N) is 2. The second kappa shape index (κ2) is 9.39. The van der Waals surface area contributed by atoms with Crippen molar-refractivity contribution >= 4 is 16.8 Å². The van der Waals surface area contributed by atoms with Crippen LogP contribution in [-0.4, -0.2) is 27.8 Å². The summed E-state index contributed by atoms with van der Waals surface area (Å²) in [6, 6.07) is 27.3. The van der Waals surface area contributed by atoms with E-state index in [-0.39, 0.29) is 23.9 Å². The number of carbonyl (C=O) groups is 1. The Morgan fingerprint density at radius 1 is 0.871 bits per heavy atom. The van der Waals surface area contributed by atoms with Crippen LogP contribution >= 0.6 is 0 Å². The van der Waals surface area contributed by atoms with Gasteiger partial charge < -0.3 is 9.88 Å². The van der Waals surface area contributed by atoms with E-state index in [4.69, 9.17) is 0 Å². The molecular weight excluding hydrogens is 386 g/mol. The van der Waals surface area contributed by atoms with Crippen LogP contribution in [0.3, 0.4) is 0 Å². The smallest absolute Gasteiger partial charge is 0.258 e. The molecule has 4 aromatic rings. The first kappa shape index (κ1) is 20.5. The molecule has 4 rings (SSSR count). The molecule has 5 heteroatoms. The number of amides is 1. The summed E-state index contributed by atoms with van der Waals surface area (Å²) in [7, 11) is 1.76. The lowest BCUT2D eigenvalue weighted by atomic mass is 9.91. The Bertz CT molecular complexity index is 1180. The van der Waals surface area contributed by atoms with Crippen molar-refractivity contribution in [1.82, 2.24) is 14.9 Å². The van der Waals surface area contributed by atoms with Crippen molar-refractivity contribution in [2.24, 2.45) is 5.92 Å². The fraction of sp³-hybridized carbons (Fsp3) is 0.192. The van der Waals surface area contributed by atoms with Crippen molar-refractivity contribution in [2.75, 3.05) is 7.05 Å². The zero-order chi connectivity index (χ0) is 21.6. The Labute approximate surface area is 181 Å². The minimum atomic E-state index is -0.207. The third-order valence-corrected chi connectivity index (χ3v) is 5.42. The zero-order valence-corrected chi connectivity index (χ0v) is 17.5. The van der Waals surface area contributed by atoms with E-state index < -0.39 is 0 Å². The highest BCUT2D eigenvalue weighted by molar-refractivity contribution is 5.79. The number of hydrogen-bond donors (Lipinski definition) is 1. The molecule has 156 valence electrons. The quantitative estimate of drug-likeness (QED) is 0.500. The first-order chi connectivity index (χ1) is 15.1. The molecule has 3 aromatic carbocycles. The third-order valence-electron chi connectivity index (χ3n) is 5.42. The summed E-state index contributed by atoms with van der Waals surface area (Å²) in [6.45, 7) is 0.249. The number of rotatable bonds is 7. The number of para-hydroxylation sites is 1. The molecule has 0 bridgehead atoms. The van der Waals surface area contributed by atoms with E-state index in [1.165, 1.54) is 0 Å². The van der Waals surface area contributed by atoms with Crippen LogP contribution in [0.5, 0.6) is 0 Å². The molecule has 0 aliphatic carbocycles. The summed E-state index contributed by atoms with van der Waals surface area (Å²) in [4.78, 5) is 34.8. The highest BCUT2D eigenvalue weighted by Gasteiger charge is 2.23. The largest absolute Gasteiger partial charge is 0.338 e. The first-order valence-electron chi connectivity index (χ1n) is 10.4. The number of benzene rings is 3. The topological polar surface area (TPSA) is 66.1 Å². The van der Waals surface area contributed by atoms with Crippen molar-refractivity contribution in [3.63, 3.8) is 0 Å². The van der Waals surface area contributed by atoms with Gasteiger partial charge in [0.15, 0.2) is 0 Å². The summed E-state index contributed by atoms with van der Waals surface area (Å²) >= 11 is 0. The minimum Gasteiger partial charge on any atom is -0.338 e. The van der Waals surface area contributed by atoms with Gasteiger partial charge >= 0.3 is 0 Å². The maximum Gasteiger partial charge on any atom is 0.258 e. The normalized spacial score (nSPS) is 11.0. The Morgan fingerprint density at radius 3 is 2.03 bits per heavy atom. The molecule has 0 radical (unpaired) electrons. The molecule has 1 amide bonds. The van der Waals surface area contributed by atoms with E-state index in [1.807, 2.05) is 78.9 Å². The SMILES string of the molecule is CN(Cc1nc2ccccc2c(=O)[nH]1)C(=O)C(Cc1ccccc1)Cc1ccccc1. The van der Waals surface area contributed by atoms with Crippen LogP contribution in [0.2, 0.25) is 0 Å². The van der Waals surface area contributed by atoms with Crippen molar-refractivity contribution < 1.29 is 4.79 Å². The van der Waals surface area contributed by atoms with Gasteiger partial charge in [0, 0.05) is 13.0 Å².